The molecule has 2 rings (SSSR count). The highest BCUT2D eigenvalue weighted by Crippen LogP contribution is 2.42. The molecule has 0 aromatic carbocycles. The highest BCUT2D eigenvalue weighted by Gasteiger charge is 2.36. The minimum absolute atomic E-state index is 0.0807. The summed E-state index contributed by atoms with van der Waals surface area (Å²) in [7, 11) is 0. The Bertz CT molecular complexity index is 492. The van der Waals surface area contributed by atoms with E-state index in [2.05, 4.69) is 10.3 Å². The zero-order valence-electron chi connectivity index (χ0n) is 11.6. The van der Waals surface area contributed by atoms with Crippen LogP contribution in [0.15, 0.2) is 5.38 Å². The Morgan fingerprint density at radius 2 is 2.05 bits per heavy atom. The van der Waals surface area contributed by atoms with E-state index in [1.165, 1.54) is 11.3 Å². The fourth-order valence-electron chi connectivity index (χ4n) is 2.95. The molecule has 1 aliphatic carbocycles. The zero-order chi connectivity index (χ0) is 14.6. The molecule has 6 heteroatoms. The van der Waals surface area contributed by atoms with Crippen molar-refractivity contribution in [3.8, 4) is 0 Å². The molecule has 0 radical (unpaired) electrons. The molecule has 1 amide bonds. The van der Waals surface area contributed by atoms with Gasteiger partial charge < -0.3 is 10.4 Å². The standard InChI is InChI=1S/C14H20N2O3S/c1-10-9-20-13(15-10)16-11(17)7-14(8-12(18)19)5-3-2-4-6-14/h9H,2-8H2,1H3,(H,18,19)(H,15,16,17). The highest BCUT2D eigenvalue weighted by atomic mass is 32.1. The summed E-state index contributed by atoms with van der Waals surface area (Å²) >= 11 is 1.39. The number of anilines is 1. The molecule has 1 fully saturated rings. The Kier molecular flexibility index (Phi) is 4.75. The Morgan fingerprint density at radius 3 is 2.60 bits per heavy atom. The van der Waals surface area contributed by atoms with E-state index in [0.717, 1.165) is 37.8 Å². The van der Waals surface area contributed by atoms with Gasteiger partial charge in [0.1, 0.15) is 0 Å². The van der Waals surface area contributed by atoms with Crippen LogP contribution in [-0.2, 0) is 9.59 Å². The average Bonchev–Trinajstić information content (AvgIpc) is 2.74. The van der Waals surface area contributed by atoms with Crippen molar-refractivity contribution in [1.82, 2.24) is 4.98 Å². The maximum Gasteiger partial charge on any atom is 0.303 e. The molecule has 2 N–H and O–H groups in total. The fourth-order valence-corrected chi connectivity index (χ4v) is 3.66. The number of aryl methyl sites for hydroxylation is 1. The molecule has 0 spiro atoms. The van der Waals surface area contributed by atoms with Crippen molar-refractivity contribution < 1.29 is 14.7 Å². The van der Waals surface area contributed by atoms with Gasteiger partial charge in [-0.2, -0.15) is 0 Å². The maximum atomic E-state index is 12.1. The van der Waals surface area contributed by atoms with E-state index >= 15 is 0 Å². The van der Waals surface area contributed by atoms with Crippen LogP contribution in [0.1, 0.15) is 50.6 Å². The summed E-state index contributed by atoms with van der Waals surface area (Å²) in [6, 6.07) is 0. The van der Waals surface area contributed by atoms with Crippen molar-refractivity contribution >= 4 is 28.3 Å². The number of carbonyl (C=O) groups excluding carboxylic acids is 1. The van der Waals surface area contributed by atoms with Gasteiger partial charge in [-0.05, 0) is 25.2 Å². The third-order valence-corrected chi connectivity index (χ3v) is 4.72. The summed E-state index contributed by atoms with van der Waals surface area (Å²) in [5, 5.41) is 14.3. The van der Waals surface area contributed by atoms with Crippen LogP contribution in [0.3, 0.4) is 0 Å². The van der Waals surface area contributed by atoms with E-state index in [-0.39, 0.29) is 24.2 Å². The summed E-state index contributed by atoms with van der Waals surface area (Å²) < 4.78 is 0. The lowest BCUT2D eigenvalue weighted by Crippen LogP contribution is -2.32. The second-order valence-corrected chi connectivity index (χ2v) is 6.51. The summed E-state index contributed by atoms with van der Waals surface area (Å²) in [5.74, 6) is -0.938. The van der Waals surface area contributed by atoms with Gasteiger partial charge in [0.05, 0.1) is 12.1 Å². The van der Waals surface area contributed by atoms with Crippen LogP contribution in [0.25, 0.3) is 0 Å². The largest absolute Gasteiger partial charge is 0.481 e. The molecule has 5 nitrogen and oxygen atoms in total. The second-order valence-electron chi connectivity index (χ2n) is 5.65. The summed E-state index contributed by atoms with van der Waals surface area (Å²) in [4.78, 5) is 27.4. The van der Waals surface area contributed by atoms with Crippen LogP contribution in [0.4, 0.5) is 5.13 Å². The average molecular weight is 296 g/mol. The number of thiazole rings is 1. The molecule has 0 bridgehead atoms. The van der Waals surface area contributed by atoms with Crippen LogP contribution < -0.4 is 5.32 Å². The third-order valence-electron chi connectivity index (χ3n) is 3.84. The first-order chi connectivity index (χ1) is 9.49. The number of nitrogens with zero attached hydrogens (tertiary/aromatic N) is 1. The van der Waals surface area contributed by atoms with E-state index < -0.39 is 5.97 Å². The molecule has 0 aliphatic heterocycles. The molecule has 0 unspecified atom stereocenters. The van der Waals surface area contributed by atoms with Gasteiger partial charge in [-0.3, -0.25) is 9.59 Å². The van der Waals surface area contributed by atoms with E-state index in [1.807, 2.05) is 12.3 Å². The van der Waals surface area contributed by atoms with Gasteiger partial charge in [0.2, 0.25) is 5.91 Å². The molecule has 110 valence electrons. The van der Waals surface area contributed by atoms with Crippen LogP contribution in [0, 0.1) is 12.3 Å². The van der Waals surface area contributed by atoms with Crippen LogP contribution in [0.5, 0.6) is 0 Å². The van der Waals surface area contributed by atoms with Crippen LogP contribution in [-0.4, -0.2) is 22.0 Å². The summed E-state index contributed by atoms with van der Waals surface area (Å²) in [6.45, 7) is 1.87. The number of hydrogen-bond donors (Lipinski definition) is 2. The predicted octanol–water partition coefficient (Wildman–Crippen LogP) is 3.21. The van der Waals surface area contributed by atoms with Gasteiger partial charge >= 0.3 is 5.97 Å². The molecule has 1 aromatic heterocycles. The van der Waals surface area contributed by atoms with Gasteiger partial charge in [-0.25, -0.2) is 4.98 Å². The van der Waals surface area contributed by atoms with Crippen molar-refractivity contribution in [2.75, 3.05) is 5.32 Å². The molecule has 1 saturated carbocycles. The van der Waals surface area contributed by atoms with Crippen molar-refractivity contribution in [3.63, 3.8) is 0 Å². The third kappa shape index (κ3) is 4.03. The highest BCUT2D eigenvalue weighted by molar-refractivity contribution is 7.13. The topological polar surface area (TPSA) is 79.3 Å². The minimum atomic E-state index is -0.815. The summed E-state index contributed by atoms with van der Waals surface area (Å²) in [5.41, 5.74) is 0.503. The first kappa shape index (κ1) is 15.0. The summed E-state index contributed by atoms with van der Waals surface area (Å²) in [6.07, 6.45) is 5.16. The number of aromatic nitrogens is 1. The molecule has 1 heterocycles. The zero-order valence-corrected chi connectivity index (χ0v) is 12.5. The molecule has 1 aliphatic rings. The number of hydrogen-bond acceptors (Lipinski definition) is 4. The van der Waals surface area contributed by atoms with Crippen molar-refractivity contribution in [2.45, 2.75) is 51.9 Å². The van der Waals surface area contributed by atoms with E-state index in [9.17, 15) is 9.59 Å². The normalized spacial score (nSPS) is 17.6. The lowest BCUT2D eigenvalue weighted by Gasteiger charge is -2.35. The molecular formula is C14H20N2O3S. The Labute approximate surface area is 122 Å². The van der Waals surface area contributed by atoms with Gasteiger partial charge in [-0.15, -0.1) is 11.3 Å². The van der Waals surface area contributed by atoms with E-state index in [4.69, 9.17) is 5.11 Å². The number of nitrogens with one attached hydrogen (secondary N) is 1. The van der Waals surface area contributed by atoms with E-state index in [0.29, 0.717) is 5.13 Å². The SMILES string of the molecule is Cc1csc(NC(=O)CC2(CC(=O)O)CCCCC2)n1. The number of carboxylic acids is 1. The first-order valence-corrected chi connectivity index (χ1v) is 7.81. The number of aliphatic carboxylic acids is 1. The minimum Gasteiger partial charge on any atom is -0.481 e. The molecule has 0 saturated heterocycles. The van der Waals surface area contributed by atoms with Gasteiger partial charge in [-0.1, -0.05) is 19.3 Å². The molecule has 20 heavy (non-hydrogen) atoms. The number of carboxylic acid groups (broad SMARTS) is 1. The monoisotopic (exact) mass is 296 g/mol. The lowest BCUT2D eigenvalue weighted by molar-refractivity contribution is -0.140. The Balaban J connectivity index is 1.99. The number of rotatable bonds is 5. The number of amides is 1. The van der Waals surface area contributed by atoms with E-state index in [1.54, 1.807) is 0 Å². The molecular weight excluding hydrogens is 276 g/mol. The predicted molar refractivity (Wildman–Crippen MR) is 77.9 cm³/mol. The molecule has 0 atom stereocenters. The fraction of sp³-hybridized carbons (Fsp3) is 0.643. The molecule has 1 aromatic rings. The van der Waals surface area contributed by atoms with Gasteiger partial charge in [0.15, 0.2) is 5.13 Å². The first-order valence-electron chi connectivity index (χ1n) is 6.93. The lowest BCUT2D eigenvalue weighted by atomic mass is 9.69. The van der Waals surface area contributed by atoms with Crippen molar-refractivity contribution in [1.29, 1.82) is 0 Å². The smallest absolute Gasteiger partial charge is 0.303 e. The second kappa shape index (κ2) is 6.35. The van der Waals surface area contributed by atoms with Crippen molar-refractivity contribution in [2.24, 2.45) is 5.41 Å². The number of carbonyl (C=O) groups is 2. The Hall–Kier alpha value is -1.43. The van der Waals surface area contributed by atoms with Crippen molar-refractivity contribution in [3.05, 3.63) is 11.1 Å². The van der Waals surface area contributed by atoms with Gasteiger partial charge in [0.25, 0.3) is 0 Å². The van der Waals surface area contributed by atoms with Crippen LogP contribution >= 0.6 is 11.3 Å². The van der Waals surface area contributed by atoms with Crippen LogP contribution in [0.2, 0.25) is 0 Å². The van der Waals surface area contributed by atoms with Gasteiger partial charge in [0, 0.05) is 11.8 Å². The Morgan fingerprint density at radius 1 is 1.35 bits per heavy atom. The quantitative estimate of drug-likeness (QED) is 0.874. The maximum absolute atomic E-state index is 12.1.